The van der Waals surface area contributed by atoms with Gasteiger partial charge in [-0.1, -0.05) is 24.3 Å². The molecule has 174 valence electrons. The summed E-state index contributed by atoms with van der Waals surface area (Å²) in [4.78, 5) is 39.2. The fraction of sp³-hybridized carbons (Fsp3) is 0.300. The molecule has 1 amide bonds. The Bertz CT molecular complexity index is 1100. The second-order valence-electron chi connectivity index (χ2n) is 6.91. The summed E-state index contributed by atoms with van der Waals surface area (Å²) >= 11 is 0.324. The third-order valence-electron chi connectivity index (χ3n) is 4.46. The molecule has 1 aromatic carbocycles. The molecule has 1 aromatic heterocycles. The molecule has 0 spiro atoms. The van der Waals surface area contributed by atoms with Crippen molar-refractivity contribution in [3.8, 4) is 0 Å². The molecule has 2 aromatic rings. The van der Waals surface area contributed by atoms with E-state index in [-0.39, 0.29) is 36.0 Å². The van der Waals surface area contributed by atoms with E-state index in [2.05, 4.69) is 19.8 Å². The molecule has 0 atom stereocenters. The summed E-state index contributed by atoms with van der Waals surface area (Å²) in [5, 5.41) is 13.4. The molecule has 0 saturated heterocycles. The number of aryl methyl sites for hydroxylation is 2. The van der Waals surface area contributed by atoms with Crippen LogP contribution < -0.4 is 11.1 Å². The maximum atomic E-state index is 12.7. The lowest BCUT2D eigenvalue weighted by Gasteiger charge is -2.13. The number of carbonyl (C=O) groups excluding carboxylic acids is 1. The molecule has 0 unspecified atom stereocenters. The Hall–Kier alpha value is -2.40. The zero-order valence-corrected chi connectivity index (χ0v) is 19.7. The average molecular weight is 482 g/mol. The van der Waals surface area contributed by atoms with E-state index in [0.717, 1.165) is 5.56 Å². The molecular formula is C20H27N4O6PS. The first-order valence-corrected chi connectivity index (χ1v) is 12.0. The molecule has 0 fully saturated rings. The summed E-state index contributed by atoms with van der Waals surface area (Å²) in [6, 6.07) is 7.21. The van der Waals surface area contributed by atoms with Crippen LogP contribution in [0.4, 0.5) is 5.82 Å². The smallest absolute Gasteiger partial charge is 0.383 e. The molecule has 0 aliphatic carbocycles. The Morgan fingerprint density at radius 2 is 1.97 bits per heavy atom. The van der Waals surface area contributed by atoms with Gasteiger partial charge in [-0.2, -0.15) is 0 Å². The molecule has 0 radical (unpaired) electrons. The number of hydrogen-bond acceptors (Lipinski definition) is 6. The molecule has 10 nitrogen and oxygen atoms in total. The highest BCUT2D eigenvalue weighted by Gasteiger charge is 2.16. The van der Waals surface area contributed by atoms with Crippen LogP contribution in [0.3, 0.4) is 0 Å². The van der Waals surface area contributed by atoms with Gasteiger partial charge in [0.15, 0.2) is 0 Å². The fourth-order valence-corrected chi connectivity index (χ4v) is 4.12. The SMILES string of the molecule is C/C(C(=O)NCc1cnc(C)nc1N)=C(CCOP(=O)(O)O)/[SH]=C(\O)c1ccccc1C. The highest BCUT2D eigenvalue weighted by Crippen LogP contribution is 2.36. The molecule has 1 heterocycles. The quantitative estimate of drug-likeness (QED) is 0.136. The van der Waals surface area contributed by atoms with Gasteiger partial charge in [-0.05, 0) is 31.2 Å². The zero-order valence-electron chi connectivity index (χ0n) is 17.9. The fourth-order valence-electron chi connectivity index (χ4n) is 2.69. The number of hydrogen-bond donors (Lipinski definition) is 6. The number of carbonyl (C=O) groups is 1. The average Bonchev–Trinajstić information content (AvgIpc) is 2.71. The lowest BCUT2D eigenvalue weighted by molar-refractivity contribution is -0.117. The number of amides is 1. The van der Waals surface area contributed by atoms with Crippen molar-refractivity contribution in [2.45, 2.75) is 33.7 Å². The summed E-state index contributed by atoms with van der Waals surface area (Å²) in [6.45, 7) is 4.88. The molecule has 6 N–H and O–H groups in total. The van der Waals surface area contributed by atoms with Gasteiger partial charge >= 0.3 is 7.82 Å². The minimum absolute atomic E-state index is 0.0117. The van der Waals surface area contributed by atoms with Gasteiger partial charge in [-0.3, -0.25) is 9.32 Å². The van der Waals surface area contributed by atoms with Crippen molar-refractivity contribution in [3.05, 3.63) is 63.5 Å². The Morgan fingerprint density at radius 3 is 2.59 bits per heavy atom. The number of nitrogens with zero attached hydrogens (tertiary/aromatic N) is 2. The molecule has 0 bridgehead atoms. The summed E-state index contributed by atoms with van der Waals surface area (Å²) in [7, 11) is -4.66. The van der Waals surface area contributed by atoms with Crippen LogP contribution in [0.25, 0.3) is 0 Å². The molecule has 2 rings (SSSR count). The van der Waals surface area contributed by atoms with Gasteiger partial charge in [0.2, 0.25) is 5.91 Å². The Morgan fingerprint density at radius 1 is 1.28 bits per heavy atom. The summed E-state index contributed by atoms with van der Waals surface area (Å²) in [5.74, 6) is 0.349. The highest BCUT2D eigenvalue weighted by molar-refractivity contribution is 8.02. The van der Waals surface area contributed by atoms with Gasteiger partial charge in [0, 0.05) is 35.9 Å². The van der Waals surface area contributed by atoms with Crippen LogP contribution in [0, 0.1) is 13.8 Å². The van der Waals surface area contributed by atoms with E-state index in [0.29, 0.717) is 33.2 Å². The van der Waals surface area contributed by atoms with Crippen LogP contribution in [0.2, 0.25) is 0 Å². The largest absolute Gasteiger partial charge is 0.469 e. The van der Waals surface area contributed by atoms with E-state index in [9.17, 15) is 14.5 Å². The van der Waals surface area contributed by atoms with Gasteiger partial charge in [0.25, 0.3) is 0 Å². The second-order valence-corrected chi connectivity index (χ2v) is 9.33. The predicted octanol–water partition coefficient (Wildman–Crippen LogP) is 2.27. The Labute approximate surface area is 189 Å². The number of rotatable bonds is 9. The number of nitrogens with one attached hydrogen (secondary N) is 1. The molecule has 0 aliphatic heterocycles. The minimum atomic E-state index is -4.66. The predicted molar refractivity (Wildman–Crippen MR) is 125 cm³/mol. The number of phosphoric acid groups is 1. The van der Waals surface area contributed by atoms with E-state index in [1.807, 2.05) is 19.1 Å². The molecule has 0 aliphatic rings. The van der Waals surface area contributed by atoms with Gasteiger partial charge < -0.3 is 25.9 Å². The van der Waals surface area contributed by atoms with E-state index in [1.165, 1.54) is 6.20 Å². The number of anilines is 1. The van der Waals surface area contributed by atoms with E-state index >= 15 is 0 Å². The van der Waals surface area contributed by atoms with Crippen LogP contribution in [0.1, 0.15) is 35.9 Å². The number of thiol groups is 1. The van der Waals surface area contributed by atoms with Crippen molar-refractivity contribution in [3.63, 3.8) is 0 Å². The Kier molecular flexibility index (Phi) is 9.26. The summed E-state index contributed by atoms with van der Waals surface area (Å²) < 4.78 is 15.5. The van der Waals surface area contributed by atoms with Crippen LogP contribution in [-0.2, 0) is 20.4 Å². The molecule has 0 saturated carbocycles. The maximum absolute atomic E-state index is 12.7. The van der Waals surface area contributed by atoms with Gasteiger partial charge in [0.1, 0.15) is 16.7 Å². The lowest BCUT2D eigenvalue weighted by Crippen LogP contribution is -2.25. The van der Waals surface area contributed by atoms with Crippen molar-refractivity contribution < 1.29 is 28.8 Å². The van der Waals surface area contributed by atoms with Crippen LogP contribution in [-0.4, -0.2) is 42.4 Å². The van der Waals surface area contributed by atoms with Crippen LogP contribution >= 0.6 is 19.2 Å². The van der Waals surface area contributed by atoms with Crippen molar-refractivity contribution >= 4 is 35.9 Å². The van der Waals surface area contributed by atoms with Gasteiger partial charge in [-0.25, -0.2) is 14.5 Å². The monoisotopic (exact) mass is 482 g/mol. The number of aliphatic hydroxyl groups is 1. The van der Waals surface area contributed by atoms with Crippen molar-refractivity contribution in [1.82, 2.24) is 15.3 Å². The third kappa shape index (κ3) is 7.94. The first-order chi connectivity index (χ1) is 15.0. The highest BCUT2D eigenvalue weighted by atomic mass is 32.1. The normalized spacial score (nSPS) is 13.2. The number of nitrogen functional groups attached to an aromatic ring is 1. The summed E-state index contributed by atoms with van der Waals surface area (Å²) in [6.07, 6.45) is 1.56. The van der Waals surface area contributed by atoms with Crippen molar-refractivity contribution in [2.24, 2.45) is 0 Å². The maximum Gasteiger partial charge on any atom is 0.469 e. The van der Waals surface area contributed by atoms with E-state index in [4.69, 9.17) is 15.5 Å². The molecule has 12 heteroatoms. The van der Waals surface area contributed by atoms with Crippen molar-refractivity contribution in [2.75, 3.05) is 12.3 Å². The number of phosphoric ester groups is 1. The Balaban J connectivity index is 2.28. The minimum Gasteiger partial charge on any atom is -0.383 e. The standard InChI is InChI=1S/C20H27N4O6PS/c1-12-6-4-5-7-16(12)20(26)32-17(8-9-30-31(27,28)29)13(2)19(25)23-11-15-10-22-14(3)24-18(15)21/h4-7,10,26,32H,8-9,11H2,1-3H3,(H,23,25)(H2,21,22,24)(H2,27,28,29)/b17-13-. The van der Waals surface area contributed by atoms with Crippen LogP contribution in [0.15, 0.2) is 40.9 Å². The van der Waals surface area contributed by atoms with Gasteiger partial charge in [-0.15, -0.1) is 11.4 Å². The first-order valence-electron chi connectivity index (χ1n) is 9.57. The van der Waals surface area contributed by atoms with Crippen LogP contribution in [0.5, 0.6) is 0 Å². The number of aliphatic hydroxyl groups excluding tert-OH is 1. The van der Waals surface area contributed by atoms with Gasteiger partial charge in [0.05, 0.1) is 6.61 Å². The third-order valence-corrected chi connectivity index (χ3v) is 6.26. The number of aromatic nitrogens is 2. The zero-order chi connectivity index (χ0) is 23.9. The lowest BCUT2D eigenvalue weighted by atomic mass is 10.1. The second kappa shape index (κ2) is 11.5. The number of nitrogens with two attached hydrogens (primary N) is 1. The first kappa shape index (κ1) is 25.9. The molecule has 32 heavy (non-hydrogen) atoms. The molecular weight excluding hydrogens is 455 g/mol. The topological polar surface area (TPSA) is 168 Å². The summed E-state index contributed by atoms with van der Waals surface area (Å²) in [5.41, 5.74) is 8.15. The van der Waals surface area contributed by atoms with E-state index < -0.39 is 13.7 Å². The van der Waals surface area contributed by atoms with E-state index in [1.54, 1.807) is 26.0 Å². The number of benzene rings is 1. The van der Waals surface area contributed by atoms with Crippen molar-refractivity contribution in [1.29, 1.82) is 0 Å².